The van der Waals surface area contributed by atoms with Crippen LogP contribution in [0.15, 0.2) is 66.7 Å². The van der Waals surface area contributed by atoms with Crippen LogP contribution in [-0.2, 0) is 27.4 Å². The van der Waals surface area contributed by atoms with E-state index < -0.39 is 0 Å². The van der Waals surface area contributed by atoms with Crippen LogP contribution in [-0.4, -0.2) is 18.9 Å². The zero-order valence-corrected chi connectivity index (χ0v) is 16.9. The molecule has 2 N–H and O–H groups in total. The highest BCUT2D eigenvalue weighted by Crippen LogP contribution is 2.42. The second-order valence-corrected chi connectivity index (χ2v) is 7.44. The molecule has 0 saturated carbocycles. The monoisotopic (exact) mass is 412 g/mol. The lowest BCUT2D eigenvalue weighted by atomic mass is 10.00. The third-order valence-electron chi connectivity index (χ3n) is 5.43. The van der Waals surface area contributed by atoms with Crippen molar-refractivity contribution < 1.29 is 19.1 Å². The molecule has 154 valence electrons. The second-order valence-electron chi connectivity index (χ2n) is 7.44. The molecule has 6 nitrogen and oxygen atoms in total. The van der Waals surface area contributed by atoms with Crippen LogP contribution in [0.2, 0.25) is 0 Å². The average Bonchev–Trinajstić information content (AvgIpc) is 3.33. The molecule has 2 aliphatic heterocycles. The second kappa shape index (κ2) is 7.65. The van der Waals surface area contributed by atoms with Crippen molar-refractivity contribution in [1.82, 2.24) is 0 Å². The molecule has 3 aromatic carbocycles. The molecular weight excluding hydrogens is 392 g/mol. The Kier molecular flexibility index (Phi) is 4.67. The molecule has 2 amide bonds. The van der Waals surface area contributed by atoms with Crippen molar-refractivity contribution >= 4 is 34.5 Å². The van der Waals surface area contributed by atoms with Gasteiger partial charge in [0.15, 0.2) is 0 Å². The number of carbonyl (C=O) groups excluding carboxylic acids is 2. The number of hydrogen-bond acceptors (Lipinski definition) is 4. The molecule has 6 heteroatoms. The largest absolute Gasteiger partial charge is 0.497 e. The van der Waals surface area contributed by atoms with Crippen molar-refractivity contribution in [2.45, 2.75) is 13.0 Å². The maximum Gasteiger partial charge on any atom is 0.260 e. The van der Waals surface area contributed by atoms with Crippen molar-refractivity contribution in [1.29, 1.82) is 0 Å². The number of anilines is 2. The summed E-state index contributed by atoms with van der Waals surface area (Å²) in [5.41, 5.74) is 5.48. The van der Waals surface area contributed by atoms with Gasteiger partial charge < -0.3 is 20.1 Å². The highest BCUT2D eigenvalue weighted by molar-refractivity contribution is 6.36. The van der Waals surface area contributed by atoms with Gasteiger partial charge in [0.25, 0.3) is 5.91 Å². The predicted octanol–water partition coefficient (Wildman–Crippen LogP) is 4.23. The normalized spacial score (nSPS) is 16.2. The van der Waals surface area contributed by atoms with Crippen LogP contribution in [0.25, 0.3) is 11.3 Å². The van der Waals surface area contributed by atoms with E-state index in [1.807, 2.05) is 66.7 Å². The molecule has 2 aliphatic rings. The van der Waals surface area contributed by atoms with Gasteiger partial charge in [0, 0.05) is 28.1 Å². The first kappa shape index (κ1) is 18.9. The molecule has 3 aromatic rings. The summed E-state index contributed by atoms with van der Waals surface area (Å²) in [5.74, 6) is 0.991. The molecular formula is C25H20N2O4. The molecule has 0 saturated heterocycles. The summed E-state index contributed by atoms with van der Waals surface area (Å²) in [6, 6.07) is 20.6. The first-order valence-electron chi connectivity index (χ1n) is 9.96. The third-order valence-corrected chi connectivity index (χ3v) is 5.43. The fraction of sp³-hybridized carbons (Fsp3) is 0.120. The lowest BCUT2D eigenvalue weighted by molar-refractivity contribution is -0.115. The smallest absolute Gasteiger partial charge is 0.260 e. The predicted molar refractivity (Wildman–Crippen MR) is 118 cm³/mol. The highest BCUT2D eigenvalue weighted by Gasteiger charge is 2.32. The van der Waals surface area contributed by atoms with Gasteiger partial charge >= 0.3 is 0 Å². The van der Waals surface area contributed by atoms with Gasteiger partial charge in [0.05, 0.1) is 19.1 Å². The minimum atomic E-state index is -0.182. The minimum absolute atomic E-state index is 0.123. The fourth-order valence-corrected chi connectivity index (χ4v) is 3.90. The van der Waals surface area contributed by atoms with Gasteiger partial charge in [0.2, 0.25) is 5.91 Å². The first-order chi connectivity index (χ1) is 15.1. The number of methoxy groups -OCH3 is 1. The van der Waals surface area contributed by atoms with Crippen molar-refractivity contribution in [3.63, 3.8) is 0 Å². The number of para-hydroxylation sites is 1. The fourth-order valence-electron chi connectivity index (χ4n) is 3.90. The molecule has 0 unspecified atom stereocenters. The van der Waals surface area contributed by atoms with Crippen molar-refractivity contribution in [2.75, 3.05) is 17.7 Å². The Balaban J connectivity index is 1.41. The van der Waals surface area contributed by atoms with Crippen LogP contribution < -0.4 is 15.4 Å². The van der Waals surface area contributed by atoms with Gasteiger partial charge in [-0.3, -0.25) is 9.59 Å². The maximum atomic E-state index is 12.6. The first-order valence-corrected chi connectivity index (χ1v) is 9.96. The standard InChI is InChI=1S/C25H20N2O4/c1-30-18-10-6-15(7-11-18)12-22(28)26-17-9-8-16-14-31-24(20(16)13-17)23-19-4-2-3-5-21(19)27-25(23)29/h2-11,13H,12,14H2,1H3,(H,26,28)(H,27,29)/b24-23+. The molecule has 5 rings (SSSR count). The third kappa shape index (κ3) is 3.53. The number of ether oxygens (including phenoxy) is 2. The summed E-state index contributed by atoms with van der Waals surface area (Å²) in [7, 11) is 1.61. The number of amides is 2. The molecule has 0 spiro atoms. The number of fused-ring (bicyclic) bond motifs is 2. The van der Waals surface area contributed by atoms with Gasteiger partial charge in [-0.05, 0) is 35.9 Å². The number of benzene rings is 3. The molecule has 0 aliphatic carbocycles. The summed E-state index contributed by atoms with van der Waals surface area (Å²) in [4.78, 5) is 25.2. The van der Waals surface area contributed by atoms with E-state index in [0.717, 1.165) is 33.7 Å². The Morgan fingerprint density at radius 1 is 1.06 bits per heavy atom. The molecule has 0 aromatic heterocycles. The summed E-state index contributed by atoms with van der Waals surface area (Å²) in [6.07, 6.45) is 0.251. The zero-order valence-electron chi connectivity index (χ0n) is 16.9. The lowest BCUT2D eigenvalue weighted by Crippen LogP contribution is -2.14. The number of nitrogens with one attached hydrogen (secondary N) is 2. The Morgan fingerprint density at radius 3 is 2.68 bits per heavy atom. The molecule has 0 fully saturated rings. The van der Waals surface area contributed by atoms with E-state index in [4.69, 9.17) is 9.47 Å². The van der Waals surface area contributed by atoms with E-state index >= 15 is 0 Å². The van der Waals surface area contributed by atoms with Gasteiger partial charge in [-0.25, -0.2) is 0 Å². The van der Waals surface area contributed by atoms with Crippen molar-refractivity contribution in [3.05, 3.63) is 89.0 Å². The van der Waals surface area contributed by atoms with Crippen LogP contribution in [0.5, 0.6) is 5.75 Å². The van der Waals surface area contributed by atoms with Crippen LogP contribution in [0, 0.1) is 0 Å². The van der Waals surface area contributed by atoms with Gasteiger partial charge in [-0.2, -0.15) is 0 Å². The van der Waals surface area contributed by atoms with E-state index in [-0.39, 0.29) is 18.2 Å². The van der Waals surface area contributed by atoms with E-state index in [1.165, 1.54) is 0 Å². The van der Waals surface area contributed by atoms with Crippen LogP contribution in [0.1, 0.15) is 22.3 Å². The van der Waals surface area contributed by atoms with Gasteiger partial charge in [-0.1, -0.05) is 36.4 Å². The lowest BCUT2D eigenvalue weighted by Gasteiger charge is -2.09. The summed E-state index contributed by atoms with van der Waals surface area (Å²) in [5, 5.41) is 5.82. The van der Waals surface area contributed by atoms with E-state index in [0.29, 0.717) is 23.6 Å². The topological polar surface area (TPSA) is 76.7 Å². The van der Waals surface area contributed by atoms with Crippen LogP contribution in [0.3, 0.4) is 0 Å². The number of carbonyl (C=O) groups is 2. The molecule has 2 heterocycles. The zero-order chi connectivity index (χ0) is 21.4. The van der Waals surface area contributed by atoms with Crippen LogP contribution >= 0.6 is 0 Å². The average molecular weight is 412 g/mol. The minimum Gasteiger partial charge on any atom is -0.497 e. The Morgan fingerprint density at radius 2 is 1.87 bits per heavy atom. The molecule has 0 atom stereocenters. The number of hydrogen-bond donors (Lipinski definition) is 2. The van der Waals surface area contributed by atoms with Crippen LogP contribution in [0.4, 0.5) is 11.4 Å². The summed E-state index contributed by atoms with van der Waals surface area (Å²) < 4.78 is 11.1. The Hall–Kier alpha value is -4.06. The Labute approximate surface area is 179 Å². The van der Waals surface area contributed by atoms with E-state index in [1.54, 1.807) is 7.11 Å². The number of rotatable bonds is 4. The van der Waals surface area contributed by atoms with Crippen molar-refractivity contribution in [3.8, 4) is 5.75 Å². The molecule has 31 heavy (non-hydrogen) atoms. The quantitative estimate of drug-likeness (QED) is 0.629. The van der Waals surface area contributed by atoms with Gasteiger partial charge in [-0.15, -0.1) is 0 Å². The SMILES string of the molecule is COc1ccc(CC(=O)Nc2ccc3c(c2)/C(=C2\C(=O)Nc4ccccc42)OC3)cc1. The maximum absolute atomic E-state index is 12.6. The summed E-state index contributed by atoms with van der Waals surface area (Å²) in [6.45, 7) is 0.393. The highest BCUT2D eigenvalue weighted by atomic mass is 16.5. The van der Waals surface area contributed by atoms with E-state index in [9.17, 15) is 9.59 Å². The van der Waals surface area contributed by atoms with Gasteiger partial charge in [0.1, 0.15) is 18.1 Å². The van der Waals surface area contributed by atoms with E-state index in [2.05, 4.69) is 10.6 Å². The molecule has 0 radical (unpaired) electrons. The Bertz CT molecular complexity index is 1230. The summed E-state index contributed by atoms with van der Waals surface area (Å²) >= 11 is 0. The molecule has 0 bridgehead atoms. The van der Waals surface area contributed by atoms with Crippen molar-refractivity contribution in [2.24, 2.45) is 0 Å².